The largest absolute Gasteiger partial charge is 0.493 e. The molecule has 3 N–H and O–H groups in total. The van der Waals surface area contributed by atoms with E-state index in [0.717, 1.165) is 12.2 Å². The van der Waals surface area contributed by atoms with Crippen molar-refractivity contribution in [3.8, 4) is 5.75 Å². The molecule has 4 rings (SSSR count). The van der Waals surface area contributed by atoms with Crippen LogP contribution in [0.1, 0.15) is 29.9 Å². The van der Waals surface area contributed by atoms with E-state index < -0.39 is 41.3 Å². The Bertz CT molecular complexity index is 1270. The second-order valence-corrected chi connectivity index (χ2v) is 7.73. The Morgan fingerprint density at radius 1 is 1.12 bits per heavy atom. The van der Waals surface area contributed by atoms with Crippen molar-refractivity contribution in [2.45, 2.75) is 18.8 Å². The third kappa shape index (κ3) is 5.31. The summed E-state index contributed by atoms with van der Waals surface area (Å²) in [6, 6.07) is 11.9. The molecule has 0 aliphatic heterocycles. The molecular formula is C25H22F3N3O3. The predicted octanol–water partition coefficient (Wildman–Crippen LogP) is 5.47. The molecule has 0 bridgehead atoms. The van der Waals surface area contributed by atoms with Crippen molar-refractivity contribution in [2.75, 3.05) is 18.5 Å². The number of aromatic nitrogens is 2. The van der Waals surface area contributed by atoms with Crippen molar-refractivity contribution in [3.05, 3.63) is 89.5 Å². The Balaban J connectivity index is 1.49. The maximum Gasteiger partial charge on any atom is 0.304 e. The number of pyridine rings is 1. The van der Waals surface area contributed by atoms with Crippen LogP contribution in [0.2, 0.25) is 0 Å². The summed E-state index contributed by atoms with van der Waals surface area (Å²) in [6.45, 7) is 1.13. The lowest BCUT2D eigenvalue weighted by molar-refractivity contribution is -0.137. The van der Waals surface area contributed by atoms with Gasteiger partial charge in [-0.15, -0.1) is 0 Å². The number of halogens is 3. The van der Waals surface area contributed by atoms with E-state index >= 15 is 0 Å². The number of H-pyrrole nitrogens is 1. The van der Waals surface area contributed by atoms with Gasteiger partial charge in [-0.2, -0.15) is 0 Å². The van der Waals surface area contributed by atoms with Crippen LogP contribution in [0.3, 0.4) is 0 Å². The molecule has 0 spiro atoms. The average molecular weight is 469 g/mol. The van der Waals surface area contributed by atoms with E-state index in [0.29, 0.717) is 47.5 Å². The smallest absolute Gasteiger partial charge is 0.304 e. The van der Waals surface area contributed by atoms with Gasteiger partial charge in [0, 0.05) is 59.5 Å². The predicted molar refractivity (Wildman–Crippen MR) is 122 cm³/mol. The van der Waals surface area contributed by atoms with E-state index in [2.05, 4.69) is 15.3 Å². The van der Waals surface area contributed by atoms with Crippen LogP contribution in [0.4, 0.5) is 19.0 Å². The molecule has 2 aromatic heterocycles. The van der Waals surface area contributed by atoms with Gasteiger partial charge in [-0.05, 0) is 36.2 Å². The molecular weight excluding hydrogens is 447 g/mol. The number of aromatic amines is 1. The SMILES string of the molecule is O=C(O)CC(c1c(F)cc(F)cc1F)c1c[nH]c2cc(OCCCNc3ccccn3)ccc12. The van der Waals surface area contributed by atoms with Gasteiger partial charge in [0.05, 0.1) is 13.0 Å². The average Bonchev–Trinajstić information content (AvgIpc) is 3.21. The zero-order valence-electron chi connectivity index (χ0n) is 18.0. The first-order valence-corrected chi connectivity index (χ1v) is 10.7. The van der Waals surface area contributed by atoms with Gasteiger partial charge in [-0.25, -0.2) is 18.2 Å². The number of aliphatic carboxylic acids is 1. The van der Waals surface area contributed by atoms with Crippen LogP contribution in [-0.4, -0.2) is 34.2 Å². The number of rotatable bonds is 10. The fourth-order valence-electron chi connectivity index (χ4n) is 3.88. The van der Waals surface area contributed by atoms with Crippen molar-refractivity contribution in [2.24, 2.45) is 0 Å². The van der Waals surface area contributed by atoms with Crippen LogP contribution in [0, 0.1) is 17.5 Å². The minimum absolute atomic E-state index is 0.396. The van der Waals surface area contributed by atoms with Gasteiger partial charge in [0.2, 0.25) is 0 Å². The number of benzene rings is 2. The molecule has 0 saturated heterocycles. The van der Waals surface area contributed by atoms with E-state index in [1.165, 1.54) is 6.20 Å². The summed E-state index contributed by atoms with van der Waals surface area (Å²) < 4.78 is 48.1. The Kier molecular flexibility index (Phi) is 7.01. The third-order valence-corrected chi connectivity index (χ3v) is 5.39. The number of ether oxygens (including phenoxy) is 1. The van der Waals surface area contributed by atoms with Crippen molar-refractivity contribution >= 4 is 22.7 Å². The summed E-state index contributed by atoms with van der Waals surface area (Å²) in [7, 11) is 0. The van der Waals surface area contributed by atoms with Crippen LogP contribution in [0.25, 0.3) is 10.9 Å². The number of anilines is 1. The zero-order valence-corrected chi connectivity index (χ0v) is 18.0. The number of fused-ring (bicyclic) bond motifs is 1. The second-order valence-electron chi connectivity index (χ2n) is 7.73. The monoisotopic (exact) mass is 469 g/mol. The highest BCUT2D eigenvalue weighted by atomic mass is 19.1. The summed E-state index contributed by atoms with van der Waals surface area (Å²) in [6.07, 6.45) is 3.39. The number of carboxylic acids is 1. The Morgan fingerprint density at radius 2 is 1.91 bits per heavy atom. The topological polar surface area (TPSA) is 87.2 Å². The minimum atomic E-state index is -1.23. The Hall–Kier alpha value is -4.01. The van der Waals surface area contributed by atoms with Crippen LogP contribution in [-0.2, 0) is 4.79 Å². The summed E-state index contributed by atoms with van der Waals surface area (Å²) in [5, 5.41) is 13.1. The molecule has 0 saturated carbocycles. The minimum Gasteiger partial charge on any atom is -0.493 e. The molecule has 0 amide bonds. The van der Waals surface area contributed by atoms with Crippen molar-refractivity contribution in [1.82, 2.24) is 9.97 Å². The number of carboxylic acid groups (broad SMARTS) is 1. The van der Waals surface area contributed by atoms with Gasteiger partial charge in [-0.1, -0.05) is 6.07 Å². The molecule has 176 valence electrons. The fraction of sp³-hybridized carbons (Fsp3) is 0.200. The first kappa shape index (κ1) is 23.2. The number of nitrogens with one attached hydrogen (secondary N) is 2. The second kappa shape index (κ2) is 10.3. The number of carbonyl (C=O) groups is 1. The van der Waals surface area contributed by atoms with Crippen molar-refractivity contribution < 1.29 is 27.8 Å². The summed E-state index contributed by atoms with van der Waals surface area (Å²) in [5.74, 6) is -4.32. The maximum atomic E-state index is 14.5. The molecule has 9 heteroatoms. The van der Waals surface area contributed by atoms with E-state index in [1.54, 1.807) is 24.4 Å². The molecule has 0 radical (unpaired) electrons. The highest BCUT2D eigenvalue weighted by Crippen LogP contribution is 2.37. The normalized spacial score (nSPS) is 12.0. The van der Waals surface area contributed by atoms with Gasteiger partial charge in [0.25, 0.3) is 0 Å². The first-order chi connectivity index (χ1) is 16.4. The van der Waals surface area contributed by atoms with Gasteiger partial charge in [0.15, 0.2) is 0 Å². The summed E-state index contributed by atoms with van der Waals surface area (Å²) in [4.78, 5) is 18.7. The standard InChI is InChI=1S/C25H22F3N3O3/c26-15-10-20(27)25(21(28)11-15)18(13-24(32)33)19-14-31-22-12-16(5-6-17(19)22)34-9-3-8-30-23-4-1-2-7-29-23/h1-2,4-7,10-12,14,18,31H,3,8-9,13H2,(H,29,30)(H,32,33). The highest BCUT2D eigenvalue weighted by Gasteiger charge is 2.27. The lowest BCUT2D eigenvalue weighted by Gasteiger charge is -2.17. The number of hydrogen-bond acceptors (Lipinski definition) is 4. The van der Waals surface area contributed by atoms with Crippen LogP contribution in [0.5, 0.6) is 5.75 Å². The maximum absolute atomic E-state index is 14.5. The molecule has 1 atom stereocenters. The molecule has 4 aromatic rings. The van der Waals surface area contributed by atoms with Gasteiger partial charge in [-0.3, -0.25) is 4.79 Å². The molecule has 0 fully saturated rings. The zero-order chi connectivity index (χ0) is 24.1. The first-order valence-electron chi connectivity index (χ1n) is 10.7. The van der Waals surface area contributed by atoms with Gasteiger partial charge >= 0.3 is 5.97 Å². The molecule has 2 heterocycles. The number of nitrogens with zero attached hydrogens (tertiary/aromatic N) is 1. The van der Waals surface area contributed by atoms with Gasteiger partial charge in [0.1, 0.15) is 29.0 Å². The Labute approximate surface area is 193 Å². The quantitative estimate of drug-likeness (QED) is 0.268. The molecule has 2 aromatic carbocycles. The van der Waals surface area contributed by atoms with Crippen LogP contribution in [0.15, 0.2) is 60.9 Å². The van der Waals surface area contributed by atoms with Crippen molar-refractivity contribution in [1.29, 1.82) is 0 Å². The van der Waals surface area contributed by atoms with E-state index in [9.17, 15) is 23.1 Å². The molecule has 1 unspecified atom stereocenters. The van der Waals surface area contributed by atoms with E-state index in [4.69, 9.17) is 4.74 Å². The molecule has 0 aliphatic carbocycles. The Morgan fingerprint density at radius 3 is 2.62 bits per heavy atom. The summed E-state index contributed by atoms with van der Waals surface area (Å²) in [5.41, 5.74) is 0.538. The summed E-state index contributed by atoms with van der Waals surface area (Å²) >= 11 is 0. The third-order valence-electron chi connectivity index (χ3n) is 5.39. The van der Waals surface area contributed by atoms with Crippen LogP contribution < -0.4 is 10.1 Å². The van der Waals surface area contributed by atoms with E-state index in [-0.39, 0.29) is 0 Å². The lowest BCUT2D eigenvalue weighted by Crippen LogP contribution is -2.12. The molecule has 6 nitrogen and oxygen atoms in total. The van der Waals surface area contributed by atoms with E-state index in [1.807, 2.05) is 18.2 Å². The molecule has 0 aliphatic rings. The number of hydrogen-bond donors (Lipinski definition) is 3. The lowest BCUT2D eigenvalue weighted by atomic mass is 9.87. The molecule has 34 heavy (non-hydrogen) atoms. The van der Waals surface area contributed by atoms with Gasteiger partial charge < -0.3 is 20.1 Å². The van der Waals surface area contributed by atoms with Crippen LogP contribution >= 0.6 is 0 Å². The highest BCUT2D eigenvalue weighted by molar-refractivity contribution is 5.86. The van der Waals surface area contributed by atoms with Crippen molar-refractivity contribution in [3.63, 3.8) is 0 Å². The fourth-order valence-corrected chi connectivity index (χ4v) is 3.88.